The second-order valence-corrected chi connectivity index (χ2v) is 9.09. The Morgan fingerprint density at radius 2 is 2.15 bits per heavy atom. The zero-order chi connectivity index (χ0) is 14.4. The first-order valence-corrected chi connectivity index (χ1v) is 9.94. The molecular weight excluding hydrogens is 318 g/mol. The molecule has 0 radical (unpaired) electrons. The van der Waals surface area contributed by atoms with Crippen molar-refractivity contribution in [3.63, 3.8) is 0 Å². The Labute approximate surface area is 126 Å². The summed E-state index contributed by atoms with van der Waals surface area (Å²) in [4.78, 5) is 3.35. The highest BCUT2D eigenvalue weighted by Gasteiger charge is 2.42. The summed E-state index contributed by atoms with van der Waals surface area (Å²) in [5.74, 6) is 0. The SMILES string of the molecule is CCC1(OP(=O)(Cl)Cl)NCCc2c1[nH]c1ccccc21. The first kappa shape index (κ1) is 14.4. The van der Waals surface area contributed by atoms with Crippen molar-refractivity contribution in [1.29, 1.82) is 0 Å². The van der Waals surface area contributed by atoms with Gasteiger partial charge in [-0.1, -0.05) is 25.1 Å². The van der Waals surface area contributed by atoms with Crippen molar-refractivity contribution in [2.24, 2.45) is 0 Å². The van der Waals surface area contributed by atoms with E-state index in [-0.39, 0.29) is 0 Å². The fraction of sp³-hybridized carbons (Fsp3) is 0.385. The number of benzene rings is 1. The fourth-order valence-corrected chi connectivity index (χ4v) is 4.26. The number of nitrogens with one attached hydrogen (secondary N) is 2. The Balaban J connectivity index is 2.19. The molecule has 4 nitrogen and oxygen atoms in total. The molecule has 1 atom stereocenters. The number of rotatable bonds is 3. The maximum Gasteiger partial charge on any atom is 0.382 e. The molecule has 0 bridgehead atoms. The summed E-state index contributed by atoms with van der Waals surface area (Å²) in [6.07, 6.45) is -2.21. The van der Waals surface area contributed by atoms with Gasteiger partial charge in [-0.25, -0.2) is 0 Å². The summed E-state index contributed by atoms with van der Waals surface area (Å²) in [7, 11) is 0. The fourth-order valence-electron chi connectivity index (χ4n) is 2.91. The van der Waals surface area contributed by atoms with Gasteiger partial charge in [-0.15, -0.1) is 0 Å². The molecule has 0 aliphatic carbocycles. The van der Waals surface area contributed by atoms with Crippen LogP contribution in [0.2, 0.25) is 0 Å². The van der Waals surface area contributed by atoms with Gasteiger partial charge in [0.1, 0.15) is 0 Å². The van der Waals surface area contributed by atoms with E-state index in [2.05, 4.69) is 16.4 Å². The van der Waals surface area contributed by atoms with Crippen LogP contribution < -0.4 is 5.32 Å². The maximum absolute atomic E-state index is 11.7. The Bertz CT molecular complexity index is 697. The summed E-state index contributed by atoms with van der Waals surface area (Å²) in [5.41, 5.74) is 2.14. The Kier molecular flexibility index (Phi) is 3.64. The van der Waals surface area contributed by atoms with E-state index in [9.17, 15) is 4.57 Å². The topological polar surface area (TPSA) is 54.1 Å². The molecule has 2 heterocycles. The van der Waals surface area contributed by atoms with Crippen LogP contribution in [0, 0.1) is 0 Å². The van der Waals surface area contributed by atoms with Crippen LogP contribution in [0.3, 0.4) is 0 Å². The zero-order valence-corrected chi connectivity index (χ0v) is 13.4. The van der Waals surface area contributed by atoms with Gasteiger partial charge in [-0.2, -0.15) is 0 Å². The summed E-state index contributed by atoms with van der Waals surface area (Å²) in [5, 5.41) is 4.42. The highest BCUT2D eigenvalue weighted by atomic mass is 35.9. The number of aromatic amines is 1. The average Bonchev–Trinajstić information content (AvgIpc) is 2.77. The molecule has 0 saturated heterocycles. The van der Waals surface area contributed by atoms with Gasteiger partial charge >= 0.3 is 6.07 Å². The Morgan fingerprint density at radius 1 is 1.40 bits per heavy atom. The van der Waals surface area contributed by atoms with Crippen molar-refractivity contribution in [1.82, 2.24) is 10.3 Å². The average molecular weight is 333 g/mol. The summed E-state index contributed by atoms with van der Waals surface area (Å²) < 4.78 is 17.2. The molecule has 1 aromatic heterocycles. The lowest BCUT2D eigenvalue weighted by atomic mass is 9.95. The first-order valence-electron chi connectivity index (χ1n) is 6.50. The summed E-state index contributed by atoms with van der Waals surface area (Å²) >= 11 is 11.3. The van der Waals surface area contributed by atoms with Gasteiger partial charge in [-0.3, -0.25) is 14.4 Å². The Hall–Kier alpha value is -0.510. The molecule has 1 unspecified atom stereocenters. The lowest BCUT2D eigenvalue weighted by Crippen LogP contribution is -2.48. The van der Waals surface area contributed by atoms with Crippen LogP contribution in [0.25, 0.3) is 10.9 Å². The molecule has 1 aliphatic rings. The van der Waals surface area contributed by atoms with Gasteiger partial charge in [0.05, 0.1) is 5.69 Å². The Morgan fingerprint density at radius 3 is 2.85 bits per heavy atom. The smallest absolute Gasteiger partial charge is 0.355 e. The number of fused-ring (bicyclic) bond motifs is 3. The van der Waals surface area contributed by atoms with Gasteiger partial charge < -0.3 is 4.98 Å². The van der Waals surface area contributed by atoms with Crippen LogP contribution in [-0.2, 0) is 21.2 Å². The molecule has 0 saturated carbocycles. The third-order valence-corrected chi connectivity index (χ3v) is 4.70. The molecule has 20 heavy (non-hydrogen) atoms. The van der Waals surface area contributed by atoms with Crippen LogP contribution in [0.5, 0.6) is 0 Å². The van der Waals surface area contributed by atoms with E-state index in [1.807, 2.05) is 25.1 Å². The number of H-pyrrole nitrogens is 1. The van der Waals surface area contributed by atoms with Gasteiger partial charge in [0.2, 0.25) is 0 Å². The molecule has 7 heteroatoms. The highest BCUT2D eigenvalue weighted by Crippen LogP contribution is 2.62. The minimum absolute atomic E-state index is 0.566. The third kappa shape index (κ3) is 2.40. The van der Waals surface area contributed by atoms with E-state index < -0.39 is 11.8 Å². The summed E-state index contributed by atoms with van der Waals surface area (Å²) in [6.45, 7) is 2.66. The minimum Gasteiger partial charge on any atom is -0.355 e. The van der Waals surface area contributed by atoms with Gasteiger partial charge in [0, 0.05) is 17.4 Å². The summed E-state index contributed by atoms with van der Waals surface area (Å²) in [6, 6.07) is 8.05. The van der Waals surface area contributed by atoms with Gasteiger partial charge in [0.15, 0.2) is 5.72 Å². The van der Waals surface area contributed by atoms with Gasteiger partial charge in [-0.05, 0) is 47.0 Å². The normalized spacial score (nSPS) is 22.9. The number of halogens is 2. The quantitative estimate of drug-likeness (QED) is 0.815. The molecule has 0 spiro atoms. The van der Waals surface area contributed by atoms with Crippen molar-refractivity contribution < 1.29 is 9.09 Å². The monoisotopic (exact) mass is 332 g/mol. The van der Waals surface area contributed by atoms with E-state index in [4.69, 9.17) is 27.0 Å². The van der Waals surface area contributed by atoms with E-state index in [1.54, 1.807) is 0 Å². The molecule has 1 aliphatic heterocycles. The first-order chi connectivity index (χ1) is 9.45. The zero-order valence-electron chi connectivity index (χ0n) is 11.0. The second kappa shape index (κ2) is 5.04. The second-order valence-electron chi connectivity index (χ2n) is 4.89. The molecule has 2 N–H and O–H groups in total. The number of hydrogen-bond donors (Lipinski definition) is 2. The van der Waals surface area contributed by atoms with Crippen molar-refractivity contribution in [3.05, 3.63) is 35.5 Å². The molecule has 108 valence electrons. The predicted molar refractivity (Wildman–Crippen MR) is 82.4 cm³/mol. The minimum atomic E-state index is -3.65. The standard InChI is InChI=1S/C13H15Cl2N2O2P/c1-2-13(19-20(14,15)18)12-10(7-8-16-13)9-5-3-4-6-11(9)17-12/h3-6,16-17H,2,7-8H2,1H3. The highest BCUT2D eigenvalue weighted by molar-refractivity contribution is 8.05. The molecule has 3 rings (SSSR count). The van der Waals surface area contributed by atoms with Crippen LogP contribution >= 0.6 is 28.6 Å². The lowest BCUT2D eigenvalue weighted by Gasteiger charge is -2.37. The van der Waals surface area contributed by atoms with Crippen molar-refractivity contribution in [2.75, 3.05) is 6.54 Å². The van der Waals surface area contributed by atoms with E-state index in [0.717, 1.165) is 29.6 Å². The molecule has 0 fully saturated rings. The van der Waals surface area contributed by atoms with Crippen molar-refractivity contribution in [3.8, 4) is 0 Å². The van der Waals surface area contributed by atoms with E-state index in [0.29, 0.717) is 6.42 Å². The van der Waals surface area contributed by atoms with Crippen molar-refractivity contribution >= 4 is 39.5 Å². The molecular formula is C13H15Cl2N2O2P. The van der Waals surface area contributed by atoms with Crippen molar-refractivity contribution in [2.45, 2.75) is 25.5 Å². The molecule has 0 amide bonds. The number of aromatic nitrogens is 1. The van der Waals surface area contributed by atoms with E-state index >= 15 is 0 Å². The maximum atomic E-state index is 11.7. The molecule has 2 aromatic rings. The van der Waals surface area contributed by atoms with Gasteiger partial charge in [0.25, 0.3) is 0 Å². The largest absolute Gasteiger partial charge is 0.382 e. The van der Waals surface area contributed by atoms with Crippen LogP contribution in [0.1, 0.15) is 24.6 Å². The van der Waals surface area contributed by atoms with Crippen LogP contribution in [0.4, 0.5) is 0 Å². The lowest BCUT2D eigenvalue weighted by molar-refractivity contribution is 0.0245. The van der Waals surface area contributed by atoms with Crippen LogP contribution in [-0.4, -0.2) is 11.5 Å². The third-order valence-electron chi connectivity index (χ3n) is 3.76. The molecule has 1 aromatic carbocycles. The predicted octanol–water partition coefficient (Wildman–Crippen LogP) is 4.48. The van der Waals surface area contributed by atoms with Crippen LogP contribution in [0.15, 0.2) is 24.3 Å². The van der Waals surface area contributed by atoms with E-state index in [1.165, 1.54) is 5.56 Å². The number of para-hydroxylation sites is 1. The number of hydrogen-bond acceptors (Lipinski definition) is 3.